The van der Waals surface area contributed by atoms with Crippen molar-refractivity contribution in [1.29, 1.82) is 0 Å². The lowest BCUT2D eigenvalue weighted by atomic mass is 9.96. The number of amides is 1. The molecule has 1 aliphatic heterocycles. The molecule has 0 bridgehead atoms. The van der Waals surface area contributed by atoms with Crippen molar-refractivity contribution in [2.45, 2.75) is 12.6 Å². The summed E-state index contributed by atoms with van der Waals surface area (Å²) in [5.74, 6) is -0.0872. The van der Waals surface area contributed by atoms with Crippen LogP contribution in [0.5, 0.6) is 0 Å². The number of hydrogen-bond acceptors (Lipinski definition) is 2. The van der Waals surface area contributed by atoms with Crippen LogP contribution >= 0.6 is 28.1 Å². The Morgan fingerprint density at radius 3 is 2.48 bits per heavy atom. The van der Waals surface area contributed by atoms with Gasteiger partial charge < -0.3 is 15.5 Å². The maximum absolute atomic E-state index is 12.6. The van der Waals surface area contributed by atoms with E-state index in [0.29, 0.717) is 11.7 Å². The Balaban J connectivity index is 1.71. The maximum Gasteiger partial charge on any atom is 0.244 e. The predicted molar refractivity (Wildman–Crippen MR) is 124 cm³/mol. The minimum atomic E-state index is -0.182. The second-order valence-corrected chi connectivity index (χ2v) is 8.17. The number of carbonyl (C=O) groups is 1. The van der Waals surface area contributed by atoms with Crippen molar-refractivity contribution in [3.8, 4) is 0 Å². The summed E-state index contributed by atoms with van der Waals surface area (Å²) >= 11 is 9.32. The predicted octanol–water partition coefficient (Wildman–Crippen LogP) is 4.87. The van der Waals surface area contributed by atoms with Crippen LogP contribution < -0.4 is 10.6 Å². The first-order chi connectivity index (χ1) is 14.1. The molecule has 0 saturated heterocycles. The van der Waals surface area contributed by atoms with E-state index in [0.717, 1.165) is 26.9 Å². The van der Waals surface area contributed by atoms with E-state index in [1.807, 2.05) is 71.6 Å². The van der Waals surface area contributed by atoms with Crippen molar-refractivity contribution < 1.29 is 4.79 Å². The van der Waals surface area contributed by atoms with Crippen LogP contribution in [0.3, 0.4) is 0 Å². The molecule has 1 heterocycles. The average molecular weight is 466 g/mol. The van der Waals surface area contributed by atoms with Gasteiger partial charge in [0, 0.05) is 22.3 Å². The van der Waals surface area contributed by atoms with Crippen molar-refractivity contribution in [2.75, 3.05) is 11.9 Å². The highest BCUT2D eigenvalue weighted by atomic mass is 79.9. The van der Waals surface area contributed by atoms with Crippen LogP contribution in [0.4, 0.5) is 5.69 Å². The van der Waals surface area contributed by atoms with Crippen molar-refractivity contribution in [2.24, 2.45) is 0 Å². The first kappa shape index (κ1) is 19.6. The summed E-state index contributed by atoms with van der Waals surface area (Å²) in [5.41, 5.74) is 4.02. The molecule has 0 spiro atoms. The molecule has 0 aliphatic carbocycles. The van der Waals surface area contributed by atoms with Crippen molar-refractivity contribution >= 4 is 44.9 Å². The molecule has 4 nitrogen and oxygen atoms in total. The molecule has 2 N–H and O–H groups in total. The van der Waals surface area contributed by atoms with Crippen molar-refractivity contribution in [1.82, 2.24) is 10.2 Å². The Bertz CT molecular complexity index is 1030. The number of benzene rings is 3. The van der Waals surface area contributed by atoms with Crippen LogP contribution in [0.1, 0.15) is 22.7 Å². The summed E-state index contributed by atoms with van der Waals surface area (Å²) in [7, 11) is 0. The molecule has 3 aromatic rings. The largest absolute Gasteiger partial charge is 0.358 e. The van der Waals surface area contributed by atoms with Gasteiger partial charge in [0.1, 0.15) is 6.54 Å². The zero-order chi connectivity index (χ0) is 20.2. The fourth-order valence-corrected chi connectivity index (χ4v) is 4.16. The Morgan fingerprint density at radius 2 is 1.76 bits per heavy atom. The van der Waals surface area contributed by atoms with E-state index < -0.39 is 0 Å². The number of hydrogen-bond donors (Lipinski definition) is 2. The maximum atomic E-state index is 12.6. The van der Waals surface area contributed by atoms with Gasteiger partial charge in [-0.25, -0.2) is 0 Å². The molecule has 0 aromatic heterocycles. The summed E-state index contributed by atoms with van der Waals surface area (Å²) in [5, 5.41) is 6.89. The summed E-state index contributed by atoms with van der Waals surface area (Å²) in [6.45, 7) is 0.775. The number of rotatable bonds is 3. The monoisotopic (exact) mass is 465 g/mol. The van der Waals surface area contributed by atoms with E-state index >= 15 is 0 Å². The molecule has 0 saturated carbocycles. The summed E-state index contributed by atoms with van der Waals surface area (Å²) in [6, 6.07) is 25.9. The third-order valence-electron chi connectivity index (χ3n) is 4.87. The highest BCUT2D eigenvalue weighted by Crippen LogP contribution is 2.37. The third kappa shape index (κ3) is 4.49. The third-order valence-corrected chi connectivity index (χ3v) is 5.74. The molecule has 1 unspecified atom stereocenters. The van der Waals surface area contributed by atoms with Crippen LogP contribution in [0.15, 0.2) is 83.3 Å². The van der Waals surface area contributed by atoms with Gasteiger partial charge in [0.15, 0.2) is 5.11 Å². The lowest BCUT2D eigenvalue weighted by molar-refractivity contribution is -0.116. The van der Waals surface area contributed by atoms with Gasteiger partial charge >= 0.3 is 0 Å². The number of nitrogens with one attached hydrogen (secondary N) is 2. The van der Waals surface area contributed by atoms with E-state index in [2.05, 4.69) is 38.7 Å². The summed E-state index contributed by atoms with van der Waals surface area (Å²) in [6.07, 6.45) is 0. The molecule has 3 aromatic carbocycles. The summed E-state index contributed by atoms with van der Waals surface area (Å²) < 4.78 is 0.955. The zero-order valence-corrected chi connectivity index (χ0v) is 18.0. The molecule has 4 rings (SSSR count). The molecular weight excluding hydrogens is 446 g/mol. The van der Waals surface area contributed by atoms with Crippen LogP contribution in [0, 0.1) is 0 Å². The fraction of sp³-hybridized carbons (Fsp3) is 0.130. The van der Waals surface area contributed by atoms with Gasteiger partial charge in [-0.2, -0.15) is 0 Å². The van der Waals surface area contributed by atoms with Gasteiger partial charge in [0.2, 0.25) is 5.91 Å². The molecule has 0 fully saturated rings. The molecule has 29 heavy (non-hydrogen) atoms. The number of thiocarbonyl (C=S) groups is 1. The van der Waals surface area contributed by atoms with Gasteiger partial charge in [-0.15, -0.1) is 0 Å². The fourth-order valence-electron chi connectivity index (χ4n) is 3.54. The van der Waals surface area contributed by atoms with Gasteiger partial charge in [-0.1, -0.05) is 76.6 Å². The topological polar surface area (TPSA) is 44.4 Å². The smallest absolute Gasteiger partial charge is 0.244 e. The molecule has 1 amide bonds. The Labute approximate surface area is 184 Å². The lowest BCUT2D eigenvalue weighted by Crippen LogP contribution is -2.44. The number of anilines is 1. The van der Waals surface area contributed by atoms with E-state index in [1.54, 1.807) is 0 Å². The quantitative estimate of drug-likeness (QED) is 0.541. The minimum absolute atomic E-state index is 0.0872. The first-order valence-electron chi connectivity index (χ1n) is 9.34. The van der Waals surface area contributed by atoms with Crippen LogP contribution in [-0.2, 0) is 11.3 Å². The zero-order valence-electron chi connectivity index (χ0n) is 15.6. The van der Waals surface area contributed by atoms with E-state index in [9.17, 15) is 4.79 Å². The van der Waals surface area contributed by atoms with Crippen molar-refractivity contribution in [3.05, 3.63) is 100 Å². The van der Waals surface area contributed by atoms with Gasteiger partial charge in [-0.05, 0) is 41.5 Å². The second kappa shape index (κ2) is 8.76. The molecule has 146 valence electrons. The standard InChI is InChI=1S/C23H20BrN3OS/c24-18-11-12-20-19(13-18)22(17-9-5-2-6-10-17)27(15-21(28)26-20)23(29)25-14-16-7-3-1-4-8-16/h1-13,22H,14-15H2,(H,25,29)(H,26,28). The average Bonchev–Trinajstić information content (AvgIpc) is 2.89. The van der Waals surface area contributed by atoms with E-state index in [-0.39, 0.29) is 18.5 Å². The minimum Gasteiger partial charge on any atom is -0.358 e. The SMILES string of the molecule is O=C1CN(C(=S)NCc2ccccc2)C(c2ccccc2)c2cc(Br)ccc2N1. The second-order valence-electron chi connectivity index (χ2n) is 6.87. The van der Waals surface area contributed by atoms with Crippen LogP contribution in [0.25, 0.3) is 0 Å². The number of nitrogens with zero attached hydrogens (tertiary/aromatic N) is 1. The highest BCUT2D eigenvalue weighted by Gasteiger charge is 2.31. The summed E-state index contributed by atoms with van der Waals surface area (Å²) in [4.78, 5) is 14.6. The first-order valence-corrected chi connectivity index (χ1v) is 10.5. The molecular formula is C23H20BrN3OS. The Hall–Kier alpha value is -2.70. The number of halogens is 1. The molecule has 1 aliphatic rings. The van der Waals surface area contributed by atoms with Crippen LogP contribution in [-0.4, -0.2) is 22.5 Å². The Morgan fingerprint density at radius 1 is 1.07 bits per heavy atom. The van der Waals surface area contributed by atoms with E-state index in [4.69, 9.17) is 12.2 Å². The normalized spacial score (nSPS) is 15.8. The van der Waals surface area contributed by atoms with E-state index in [1.165, 1.54) is 0 Å². The Kier molecular flexibility index (Phi) is 5.92. The molecule has 6 heteroatoms. The van der Waals surface area contributed by atoms with Gasteiger partial charge in [0.25, 0.3) is 0 Å². The van der Waals surface area contributed by atoms with Gasteiger partial charge in [-0.3, -0.25) is 4.79 Å². The highest BCUT2D eigenvalue weighted by molar-refractivity contribution is 9.10. The molecule has 1 atom stereocenters. The lowest BCUT2D eigenvalue weighted by Gasteiger charge is -2.33. The van der Waals surface area contributed by atoms with Crippen molar-refractivity contribution in [3.63, 3.8) is 0 Å². The number of carbonyl (C=O) groups excluding carboxylic acids is 1. The molecule has 0 radical (unpaired) electrons. The number of fused-ring (bicyclic) bond motifs is 1. The van der Waals surface area contributed by atoms with Gasteiger partial charge in [0.05, 0.1) is 6.04 Å². The van der Waals surface area contributed by atoms with Crippen LogP contribution in [0.2, 0.25) is 0 Å².